The molecule has 1 amide bonds. The van der Waals surface area contributed by atoms with Gasteiger partial charge < -0.3 is 10.1 Å². The Morgan fingerprint density at radius 3 is 2.36 bits per heavy atom. The van der Waals surface area contributed by atoms with E-state index in [1.165, 1.54) is 12.4 Å². The highest BCUT2D eigenvalue weighted by molar-refractivity contribution is 7.99. The Bertz CT molecular complexity index is 1520. The molecule has 0 saturated heterocycles. The first-order valence-corrected chi connectivity index (χ1v) is 13.0. The van der Waals surface area contributed by atoms with Crippen LogP contribution < -0.4 is 5.32 Å². The third-order valence-electron chi connectivity index (χ3n) is 6.36. The fraction of sp³-hybridized carbons (Fsp3) is 0.138. The van der Waals surface area contributed by atoms with Crippen LogP contribution in [0.15, 0.2) is 88.9 Å². The Hall–Kier alpha value is -3.82. The molecule has 0 radical (unpaired) electrons. The van der Waals surface area contributed by atoms with E-state index in [1.54, 1.807) is 6.07 Å². The predicted octanol–water partition coefficient (Wildman–Crippen LogP) is 7.76. The maximum Gasteiger partial charge on any atom is 0.416 e. The molecule has 5 rings (SSSR count). The molecule has 3 aromatic carbocycles. The minimum Gasteiger partial charge on any atom is -0.449 e. The number of carbonyl (C=O) groups excluding carboxylic acids is 2. The van der Waals surface area contributed by atoms with Gasteiger partial charge in [-0.15, -0.1) is 0 Å². The first-order valence-electron chi connectivity index (χ1n) is 11.8. The zero-order valence-electron chi connectivity index (χ0n) is 20.2. The van der Waals surface area contributed by atoms with E-state index in [-0.39, 0.29) is 40.1 Å². The normalized spacial score (nSPS) is 12.5. The predicted molar refractivity (Wildman–Crippen MR) is 142 cm³/mol. The number of alkyl carbamates (subject to hydrolysis) is 1. The molecule has 0 atom stereocenters. The number of ether oxygens (including phenoxy) is 1. The van der Waals surface area contributed by atoms with Crippen LogP contribution in [0.5, 0.6) is 0 Å². The quantitative estimate of drug-likeness (QED) is 0.231. The molecule has 1 heterocycles. The summed E-state index contributed by atoms with van der Waals surface area (Å²) in [4.78, 5) is 28.7. The zero-order chi connectivity index (χ0) is 27.6. The van der Waals surface area contributed by atoms with E-state index in [2.05, 4.69) is 10.3 Å². The molecule has 0 fully saturated rings. The lowest BCUT2D eigenvalue weighted by molar-refractivity contribution is -0.137. The number of pyridine rings is 1. The minimum absolute atomic E-state index is 0.0600. The van der Waals surface area contributed by atoms with Gasteiger partial charge in [-0.3, -0.25) is 9.78 Å². The first kappa shape index (κ1) is 26.8. The molecule has 0 aliphatic heterocycles. The second-order valence-electron chi connectivity index (χ2n) is 8.76. The maximum atomic E-state index is 13.5. The van der Waals surface area contributed by atoms with E-state index in [1.807, 2.05) is 48.5 Å². The van der Waals surface area contributed by atoms with Crippen LogP contribution in [-0.4, -0.2) is 24.0 Å². The number of fused-ring (bicyclic) bond motifs is 3. The van der Waals surface area contributed by atoms with Crippen molar-refractivity contribution in [3.05, 3.63) is 112 Å². The molecule has 4 aromatic rings. The summed E-state index contributed by atoms with van der Waals surface area (Å²) in [7, 11) is 0. The van der Waals surface area contributed by atoms with Crippen molar-refractivity contribution < 1.29 is 27.5 Å². The van der Waals surface area contributed by atoms with Crippen molar-refractivity contribution in [1.82, 2.24) is 10.3 Å². The van der Waals surface area contributed by atoms with Crippen molar-refractivity contribution in [3.8, 4) is 11.1 Å². The van der Waals surface area contributed by atoms with Gasteiger partial charge in [0.05, 0.1) is 10.6 Å². The molecule has 0 spiro atoms. The van der Waals surface area contributed by atoms with E-state index in [9.17, 15) is 22.8 Å². The largest absolute Gasteiger partial charge is 0.449 e. The lowest BCUT2D eigenvalue weighted by atomic mass is 9.98. The Labute approximate surface area is 231 Å². The number of carbonyl (C=O) groups is 2. The number of aromatic nitrogens is 1. The number of hydrogen-bond acceptors (Lipinski definition) is 5. The van der Waals surface area contributed by atoms with Crippen LogP contribution in [0.3, 0.4) is 0 Å². The van der Waals surface area contributed by atoms with Gasteiger partial charge in [0, 0.05) is 40.2 Å². The van der Waals surface area contributed by atoms with E-state index in [0.717, 1.165) is 46.1 Å². The zero-order valence-corrected chi connectivity index (χ0v) is 21.7. The lowest BCUT2D eigenvalue weighted by Crippen LogP contribution is -2.26. The lowest BCUT2D eigenvalue weighted by Gasteiger charge is -2.17. The highest BCUT2D eigenvalue weighted by Crippen LogP contribution is 2.45. The van der Waals surface area contributed by atoms with Crippen molar-refractivity contribution in [1.29, 1.82) is 0 Å². The van der Waals surface area contributed by atoms with E-state index in [0.29, 0.717) is 11.2 Å². The number of benzene rings is 3. The van der Waals surface area contributed by atoms with E-state index >= 15 is 0 Å². The molecule has 10 heteroatoms. The number of aldehydes is 1. The SMILES string of the molecule is O=Cc1cnccc1Sc1c(Cl)cc(C(F)(F)F)cc1CNC(=O)OCC1c2ccccc2-c2ccccc21. The van der Waals surface area contributed by atoms with Crippen molar-refractivity contribution in [2.45, 2.75) is 28.4 Å². The third kappa shape index (κ3) is 5.65. The summed E-state index contributed by atoms with van der Waals surface area (Å²) in [6, 6.07) is 19.1. The molecule has 198 valence electrons. The van der Waals surface area contributed by atoms with Gasteiger partial charge >= 0.3 is 12.3 Å². The molecule has 1 aliphatic carbocycles. The van der Waals surface area contributed by atoms with Gasteiger partial charge in [-0.2, -0.15) is 13.2 Å². The van der Waals surface area contributed by atoms with Gasteiger partial charge in [0.2, 0.25) is 0 Å². The number of hydrogen-bond donors (Lipinski definition) is 1. The van der Waals surface area contributed by atoms with Gasteiger partial charge in [-0.1, -0.05) is 71.9 Å². The Kier molecular flexibility index (Phi) is 7.63. The van der Waals surface area contributed by atoms with Gasteiger partial charge in [0.15, 0.2) is 6.29 Å². The fourth-order valence-electron chi connectivity index (χ4n) is 4.56. The molecular weight excluding hydrogens is 549 g/mol. The topological polar surface area (TPSA) is 68.3 Å². The van der Waals surface area contributed by atoms with Crippen molar-refractivity contribution in [2.24, 2.45) is 0 Å². The summed E-state index contributed by atoms with van der Waals surface area (Å²) in [5.41, 5.74) is 3.67. The molecular formula is C29H20ClF3N2O3S. The molecule has 1 N–H and O–H groups in total. The number of alkyl halides is 3. The average Bonchev–Trinajstić information content (AvgIpc) is 3.25. The van der Waals surface area contributed by atoms with Gasteiger partial charge in [0.25, 0.3) is 0 Å². The summed E-state index contributed by atoms with van der Waals surface area (Å²) in [5.74, 6) is -0.161. The Morgan fingerprint density at radius 2 is 1.72 bits per heavy atom. The second-order valence-corrected chi connectivity index (χ2v) is 10.2. The maximum absolute atomic E-state index is 13.5. The van der Waals surface area contributed by atoms with Crippen LogP contribution in [0, 0.1) is 0 Å². The summed E-state index contributed by atoms with van der Waals surface area (Å²) in [5, 5.41) is 2.39. The summed E-state index contributed by atoms with van der Waals surface area (Å²) in [6.07, 6.45) is -2.01. The van der Waals surface area contributed by atoms with Crippen LogP contribution in [0.25, 0.3) is 11.1 Å². The number of halogens is 4. The van der Waals surface area contributed by atoms with Gasteiger partial charge in [0.1, 0.15) is 6.61 Å². The summed E-state index contributed by atoms with van der Waals surface area (Å²) in [6.45, 7) is -0.214. The highest BCUT2D eigenvalue weighted by atomic mass is 35.5. The third-order valence-corrected chi connectivity index (χ3v) is 8.05. The van der Waals surface area contributed by atoms with Crippen LogP contribution in [0.4, 0.5) is 18.0 Å². The van der Waals surface area contributed by atoms with Crippen LogP contribution in [-0.2, 0) is 17.5 Å². The average molecular weight is 569 g/mol. The smallest absolute Gasteiger partial charge is 0.416 e. The summed E-state index contributed by atoms with van der Waals surface area (Å²) < 4.78 is 46.1. The number of nitrogens with one attached hydrogen (secondary N) is 1. The molecule has 0 saturated carbocycles. The fourth-order valence-corrected chi connectivity index (χ4v) is 5.90. The number of amides is 1. The second kappa shape index (κ2) is 11.1. The van der Waals surface area contributed by atoms with Crippen LogP contribution in [0.2, 0.25) is 5.02 Å². The molecule has 1 aliphatic rings. The van der Waals surface area contributed by atoms with E-state index < -0.39 is 17.8 Å². The van der Waals surface area contributed by atoms with Crippen molar-refractivity contribution >= 4 is 35.7 Å². The highest BCUT2D eigenvalue weighted by Gasteiger charge is 2.33. The minimum atomic E-state index is -4.64. The first-order chi connectivity index (χ1) is 18.8. The molecule has 39 heavy (non-hydrogen) atoms. The monoisotopic (exact) mass is 568 g/mol. The van der Waals surface area contributed by atoms with Crippen LogP contribution >= 0.6 is 23.4 Å². The molecule has 0 bridgehead atoms. The van der Waals surface area contributed by atoms with Gasteiger partial charge in [-0.25, -0.2) is 4.79 Å². The number of rotatable bonds is 7. The summed E-state index contributed by atoms with van der Waals surface area (Å²) >= 11 is 7.29. The Balaban J connectivity index is 1.34. The molecule has 0 unspecified atom stereocenters. The molecule has 1 aromatic heterocycles. The van der Waals surface area contributed by atoms with Crippen molar-refractivity contribution in [2.75, 3.05) is 6.61 Å². The van der Waals surface area contributed by atoms with Gasteiger partial charge in [-0.05, 0) is 46.0 Å². The molecule has 5 nitrogen and oxygen atoms in total. The van der Waals surface area contributed by atoms with Crippen molar-refractivity contribution in [3.63, 3.8) is 0 Å². The standard InChI is InChI=1S/C29H20ClF3N2O3S/c30-25-12-19(29(31,32)33)11-17(27(25)39-26-9-10-34-13-18(26)15-36)14-35-28(37)38-16-24-22-7-3-1-5-20(22)21-6-2-4-8-23(21)24/h1-13,15,24H,14,16H2,(H,35,37). The van der Waals surface area contributed by atoms with E-state index in [4.69, 9.17) is 16.3 Å². The van der Waals surface area contributed by atoms with Crippen LogP contribution in [0.1, 0.15) is 38.5 Å². The number of nitrogens with zero attached hydrogens (tertiary/aromatic N) is 1. The Morgan fingerprint density at radius 1 is 1.05 bits per heavy atom.